The standard InChI is InChI=1S/C29H34N4O4S/c1-21-9-3-4-10-23(21)28(34)31-26-13-14-27(25-12-6-5-11-24(25)26)38(36,37)33(22-15-17-30-18-16-22)29(35)32-19-7-2-8-20-32/h3-6,9-14,22,30H,2,7-8,15-20H2,1H3,(H,31,34). The van der Waals surface area contributed by atoms with Gasteiger partial charge in [0.05, 0.1) is 10.9 Å². The highest BCUT2D eigenvalue weighted by Gasteiger charge is 2.39. The van der Waals surface area contributed by atoms with Gasteiger partial charge in [0, 0.05) is 35.1 Å². The van der Waals surface area contributed by atoms with Gasteiger partial charge in [0.2, 0.25) is 0 Å². The van der Waals surface area contributed by atoms with Gasteiger partial charge in [-0.25, -0.2) is 17.5 Å². The number of anilines is 1. The minimum atomic E-state index is -4.18. The molecule has 3 aromatic carbocycles. The van der Waals surface area contributed by atoms with Crippen molar-refractivity contribution in [2.75, 3.05) is 31.5 Å². The SMILES string of the molecule is Cc1ccccc1C(=O)Nc1ccc(S(=O)(=O)N(C(=O)N2CCCCC2)C2CCNCC2)c2ccccc12. The van der Waals surface area contributed by atoms with Crippen LogP contribution >= 0.6 is 0 Å². The molecule has 0 bridgehead atoms. The smallest absolute Gasteiger partial charge is 0.324 e. The highest BCUT2D eigenvalue weighted by Crippen LogP contribution is 2.34. The molecule has 3 amide bonds. The van der Waals surface area contributed by atoms with Crippen LogP contribution in [0, 0.1) is 6.92 Å². The summed E-state index contributed by atoms with van der Waals surface area (Å²) in [7, 11) is -4.18. The average Bonchev–Trinajstić information content (AvgIpc) is 2.94. The number of hydrogen-bond donors (Lipinski definition) is 2. The molecule has 0 aromatic heterocycles. The van der Waals surface area contributed by atoms with E-state index in [1.165, 1.54) is 6.07 Å². The van der Waals surface area contributed by atoms with Crippen molar-refractivity contribution in [2.45, 2.75) is 50.0 Å². The maximum Gasteiger partial charge on any atom is 0.334 e. The van der Waals surface area contributed by atoms with Gasteiger partial charge in [0.25, 0.3) is 15.9 Å². The molecule has 0 aliphatic carbocycles. The lowest BCUT2D eigenvalue weighted by Gasteiger charge is -2.38. The van der Waals surface area contributed by atoms with E-state index in [1.54, 1.807) is 35.2 Å². The number of urea groups is 1. The second kappa shape index (κ2) is 11.1. The molecular weight excluding hydrogens is 500 g/mol. The van der Waals surface area contributed by atoms with Crippen LogP contribution in [0.5, 0.6) is 0 Å². The average molecular weight is 535 g/mol. The van der Waals surface area contributed by atoms with Gasteiger partial charge in [0.1, 0.15) is 0 Å². The fraction of sp³-hybridized carbons (Fsp3) is 0.379. The lowest BCUT2D eigenvalue weighted by atomic mass is 10.1. The van der Waals surface area contributed by atoms with Gasteiger partial charge >= 0.3 is 6.03 Å². The largest absolute Gasteiger partial charge is 0.334 e. The van der Waals surface area contributed by atoms with Gasteiger partial charge in [0.15, 0.2) is 0 Å². The Bertz CT molecular complexity index is 1440. The van der Waals surface area contributed by atoms with Crippen LogP contribution in [0.4, 0.5) is 10.5 Å². The third-order valence-electron chi connectivity index (χ3n) is 7.51. The number of carbonyl (C=O) groups excluding carboxylic acids is 2. The molecular formula is C29H34N4O4S. The topological polar surface area (TPSA) is 98.8 Å². The Morgan fingerprint density at radius 1 is 0.895 bits per heavy atom. The number of rotatable bonds is 5. The molecule has 0 unspecified atom stereocenters. The number of hydrogen-bond acceptors (Lipinski definition) is 5. The molecule has 0 atom stereocenters. The zero-order chi connectivity index (χ0) is 26.7. The van der Waals surface area contributed by atoms with Crippen LogP contribution in [-0.4, -0.2) is 61.8 Å². The Morgan fingerprint density at radius 2 is 1.55 bits per heavy atom. The van der Waals surface area contributed by atoms with E-state index in [4.69, 9.17) is 0 Å². The summed E-state index contributed by atoms with van der Waals surface area (Å²) >= 11 is 0. The molecule has 9 heteroatoms. The van der Waals surface area contributed by atoms with E-state index in [0.717, 1.165) is 29.1 Å². The van der Waals surface area contributed by atoms with Crippen LogP contribution in [0.3, 0.4) is 0 Å². The second-order valence-electron chi connectivity index (χ2n) is 10.0. The minimum absolute atomic E-state index is 0.0749. The van der Waals surface area contributed by atoms with Crippen molar-refractivity contribution in [2.24, 2.45) is 0 Å². The second-order valence-corrected chi connectivity index (χ2v) is 11.8. The van der Waals surface area contributed by atoms with Crippen LogP contribution in [0.2, 0.25) is 0 Å². The van der Waals surface area contributed by atoms with E-state index in [9.17, 15) is 18.0 Å². The lowest BCUT2D eigenvalue weighted by molar-refractivity contribution is 0.102. The molecule has 3 aromatic rings. The van der Waals surface area contributed by atoms with E-state index in [-0.39, 0.29) is 10.8 Å². The predicted octanol–water partition coefficient (Wildman–Crippen LogP) is 4.75. The van der Waals surface area contributed by atoms with Gasteiger partial charge in [-0.05, 0) is 75.9 Å². The molecule has 2 aliphatic rings. The van der Waals surface area contributed by atoms with Gasteiger partial charge < -0.3 is 15.5 Å². The maximum atomic E-state index is 14.3. The van der Waals surface area contributed by atoms with Crippen LogP contribution in [0.15, 0.2) is 65.6 Å². The Hall–Kier alpha value is -3.43. The van der Waals surface area contributed by atoms with Crippen molar-refractivity contribution >= 4 is 38.4 Å². The molecule has 2 saturated heterocycles. The fourth-order valence-corrected chi connectivity index (χ4v) is 7.28. The zero-order valence-corrected chi connectivity index (χ0v) is 22.5. The Balaban J connectivity index is 1.55. The van der Waals surface area contributed by atoms with Crippen LogP contribution < -0.4 is 10.6 Å². The number of fused-ring (bicyclic) bond motifs is 1. The van der Waals surface area contributed by atoms with Crippen LogP contribution in [0.1, 0.15) is 48.0 Å². The number of likely N-dealkylation sites (tertiary alicyclic amines) is 1. The number of benzene rings is 3. The lowest BCUT2D eigenvalue weighted by Crippen LogP contribution is -2.54. The van der Waals surface area contributed by atoms with E-state index in [2.05, 4.69) is 10.6 Å². The summed E-state index contributed by atoms with van der Waals surface area (Å²) in [5.74, 6) is -0.263. The predicted molar refractivity (Wildman–Crippen MR) is 149 cm³/mol. The summed E-state index contributed by atoms with van der Waals surface area (Å²) in [6, 6.07) is 16.7. The molecule has 8 nitrogen and oxygen atoms in total. The highest BCUT2D eigenvalue weighted by atomic mass is 32.2. The van der Waals surface area contributed by atoms with E-state index < -0.39 is 22.1 Å². The molecule has 38 heavy (non-hydrogen) atoms. The zero-order valence-electron chi connectivity index (χ0n) is 21.7. The summed E-state index contributed by atoms with van der Waals surface area (Å²) in [5.41, 5.74) is 1.92. The van der Waals surface area contributed by atoms with E-state index in [1.807, 2.05) is 31.2 Å². The Kier molecular flexibility index (Phi) is 7.67. The monoisotopic (exact) mass is 534 g/mol. The molecule has 0 radical (unpaired) electrons. The first kappa shape index (κ1) is 26.2. The Morgan fingerprint density at radius 3 is 2.26 bits per heavy atom. The Labute approximate surface area is 224 Å². The number of sulfonamides is 1. The molecule has 0 saturated carbocycles. The van der Waals surface area contributed by atoms with E-state index >= 15 is 0 Å². The summed E-state index contributed by atoms with van der Waals surface area (Å²) in [4.78, 5) is 28.6. The summed E-state index contributed by atoms with van der Waals surface area (Å²) < 4.78 is 29.7. The first-order chi connectivity index (χ1) is 18.4. The summed E-state index contributed by atoms with van der Waals surface area (Å²) in [6.45, 7) is 4.33. The number of carbonyl (C=O) groups is 2. The maximum absolute atomic E-state index is 14.3. The molecule has 0 spiro atoms. The van der Waals surface area contributed by atoms with Gasteiger partial charge in [-0.15, -0.1) is 0 Å². The molecule has 2 fully saturated rings. The van der Waals surface area contributed by atoms with E-state index in [0.29, 0.717) is 61.0 Å². The third kappa shape index (κ3) is 5.13. The molecule has 2 heterocycles. The highest BCUT2D eigenvalue weighted by molar-refractivity contribution is 7.90. The van der Waals surface area contributed by atoms with Crippen molar-refractivity contribution in [1.82, 2.24) is 14.5 Å². The van der Waals surface area contributed by atoms with Crippen molar-refractivity contribution in [3.8, 4) is 0 Å². The van der Waals surface area contributed by atoms with Crippen LogP contribution in [0.25, 0.3) is 10.8 Å². The molecule has 2 aliphatic heterocycles. The normalized spacial score (nSPS) is 16.8. The number of nitrogens with zero attached hydrogens (tertiary/aromatic N) is 2. The van der Waals surface area contributed by atoms with Crippen LogP contribution in [-0.2, 0) is 10.0 Å². The quantitative estimate of drug-likeness (QED) is 0.492. The first-order valence-electron chi connectivity index (χ1n) is 13.3. The molecule has 5 rings (SSSR count). The van der Waals surface area contributed by atoms with Crippen molar-refractivity contribution in [1.29, 1.82) is 0 Å². The van der Waals surface area contributed by atoms with Crippen molar-refractivity contribution in [3.05, 3.63) is 71.8 Å². The summed E-state index contributed by atoms with van der Waals surface area (Å²) in [5, 5.41) is 7.30. The number of piperidine rings is 2. The molecule has 2 N–H and O–H groups in total. The fourth-order valence-electron chi connectivity index (χ4n) is 5.45. The third-order valence-corrected chi connectivity index (χ3v) is 9.40. The van der Waals surface area contributed by atoms with Crippen molar-refractivity contribution < 1.29 is 18.0 Å². The number of nitrogens with one attached hydrogen (secondary N) is 2. The van der Waals surface area contributed by atoms with Gasteiger partial charge in [-0.1, -0.05) is 42.5 Å². The summed E-state index contributed by atoms with van der Waals surface area (Å²) in [6.07, 6.45) is 3.95. The number of amides is 3. The number of aryl methyl sites for hydroxylation is 1. The van der Waals surface area contributed by atoms with Gasteiger partial charge in [-0.2, -0.15) is 0 Å². The molecule has 200 valence electrons. The van der Waals surface area contributed by atoms with Gasteiger partial charge in [-0.3, -0.25) is 4.79 Å². The minimum Gasteiger partial charge on any atom is -0.324 e. The van der Waals surface area contributed by atoms with Crippen molar-refractivity contribution in [3.63, 3.8) is 0 Å². The first-order valence-corrected chi connectivity index (χ1v) is 14.7.